The number of benzene rings is 2. The van der Waals surface area contributed by atoms with Crippen LogP contribution in [0.5, 0.6) is 0 Å². The number of nitrogens with zero attached hydrogens (tertiary/aromatic N) is 4. The summed E-state index contributed by atoms with van der Waals surface area (Å²) in [6.45, 7) is 2.17. The van der Waals surface area contributed by atoms with Crippen LogP contribution in [0.25, 0.3) is 32.8 Å². The van der Waals surface area contributed by atoms with Crippen LogP contribution >= 0.6 is 11.3 Å². The molecule has 0 spiro atoms. The lowest BCUT2D eigenvalue weighted by Gasteiger charge is -2.08. The molecule has 0 fully saturated rings. The minimum atomic E-state index is -0.152. The highest BCUT2D eigenvalue weighted by Crippen LogP contribution is 2.27. The molecular weight excluding hydrogens is 382 g/mol. The van der Waals surface area contributed by atoms with Crippen LogP contribution in [0.15, 0.2) is 66.9 Å². The van der Waals surface area contributed by atoms with Crippen LogP contribution in [0.2, 0.25) is 0 Å². The molecule has 3 aromatic heterocycles. The minimum absolute atomic E-state index is 0.126. The Hall–Kier alpha value is -3.58. The van der Waals surface area contributed by atoms with Crippen molar-refractivity contribution in [3.8, 4) is 11.5 Å². The average molecular weight is 399 g/mol. The number of pyridine rings is 1. The number of rotatable bonds is 4. The molecular formula is C22H17N5OS. The second-order valence-electron chi connectivity index (χ2n) is 6.76. The number of para-hydroxylation sites is 2. The smallest absolute Gasteiger partial charge is 0.246 e. The van der Waals surface area contributed by atoms with Gasteiger partial charge in [-0.2, -0.15) is 0 Å². The summed E-state index contributed by atoms with van der Waals surface area (Å²) < 4.78 is 2.95. The summed E-state index contributed by atoms with van der Waals surface area (Å²) in [6.07, 6.45) is 1.72. The number of carbonyl (C=O) groups is 1. The molecule has 5 rings (SSSR count). The third-order valence-electron chi connectivity index (χ3n) is 4.64. The molecule has 6 nitrogen and oxygen atoms in total. The van der Waals surface area contributed by atoms with Crippen molar-refractivity contribution < 1.29 is 4.79 Å². The maximum atomic E-state index is 12.8. The van der Waals surface area contributed by atoms with Crippen molar-refractivity contribution >= 4 is 43.6 Å². The molecule has 0 bridgehead atoms. The Morgan fingerprint density at radius 3 is 2.76 bits per heavy atom. The molecule has 0 aliphatic carbocycles. The number of carbonyl (C=O) groups excluding carboxylic acids is 1. The SMILES string of the molecule is Cc1ccc2nc(NC(=O)Cn3c(-c4ccccn4)nc4ccccc43)sc2c1. The molecule has 0 aliphatic heterocycles. The van der Waals surface area contributed by atoms with Gasteiger partial charge in [-0.3, -0.25) is 9.78 Å². The first kappa shape index (κ1) is 17.5. The largest absolute Gasteiger partial charge is 0.313 e. The van der Waals surface area contributed by atoms with E-state index in [9.17, 15) is 4.79 Å². The van der Waals surface area contributed by atoms with E-state index in [-0.39, 0.29) is 12.5 Å². The quantitative estimate of drug-likeness (QED) is 0.477. The van der Waals surface area contributed by atoms with Crippen LogP contribution in [0.1, 0.15) is 5.56 Å². The van der Waals surface area contributed by atoms with Gasteiger partial charge in [-0.05, 0) is 48.9 Å². The Kier molecular flexibility index (Phi) is 4.29. The van der Waals surface area contributed by atoms with Crippen molar-refractivity contribution in [2.75, 3.05) is 5.32 Å². The van der Waals surface area contributed by atoms with Crippen LogP contribution in [0.4, 0.5) is 5.13 Å². The topological polar surface area (TPSA) is 72.7 Å². The van der Waals surface area contributed by atoms with E-state index in [1.807, 2.05) is 66.1 Å². The predicted octanol–water partition coefficient (Wildman–Crippen LogP) is 4.66. The van der Waals surface area contributed by atoms with E-state index in [1.54, 1.807) is 6.20 Å². The molecule has 7 heteroatoms. The van der Waals surface area contributed by atoms with Crippen LogP contribution < -0.4 is 5.32 Å². The van der Waals surface area contributed by atoms with Crippen LogP contribution in [-0.4, -0.2) is 25.4 Å². The van der Waals surface area contributed by atoms with Gasteiger partial charge in [0.25, 0.3) is 0 Å². The van der Waals surface area contributed by atoms with Gasteiger partial charge < -0.3 is 9.88 Å². The Bertz CT molecular complexity index is 1340. The van der Waals surface area contributed by atoms with E-state index in [4.69, 9.17) is 4.98 Å². The summed E-state index contributed by atoms with van der Waals surface area (Å²) in [5.74, 6) is 0.517. The minimum Gasteiger partial charge on any atom is -0.313 e. The lowest BCUT2D eigenvalue weighted by molar-refractivity contribution is -0.116. The summed E-state index contributed by atoms with van der Waals surface area (Å²) in [4.78, 5) is 26.5. The van der Waals surface area contributed by atoms with Crippen LogP contribution in [0.3, 0.4) is 0 Å². The lowest BCUT2D eigenvalue weighted by Crippen LogP contribution is -2.19. The molecule has 29 heavy (non-hydrogen) atoms. The standard InChI is InChI=1S/C22H17N5OS/c1-14-9-10-16-19(12-14)29-22(25-16)26-20(28)13-27-18-8-3-2-6-15(18)24-21(27)17-7-4-5-11-23-17/h2-12H,13H2,1H3,(H,25,26,28). The number of amides is 1. The molecule has 2 aromatic carbocycles. The zero-order valence-electron chi connectivity index (χ0n) is 15.7. The highest BCUT2D eigenvalue weighted by atomic mass is 32.1. The molecule has 5 aromatic rings. The number of imidazole rings is 1. The molecule has 142 valence electrons. The van der Waals surface area contributed by atoms with Crippen molar-refractivity contribution in [2.24, 2.45) is 0 Å². The van der Waals surface area contributed by atoms with Crippen molar-refractivity contribution in [1.82, 2.24) is 19.5 Å². The first-order valence-corrected chi connectivity index (χ1v) is 10.0. The number of nitrogens with one attached hydrogen (secondary N) is 1. The maximum absolute atomic E-state index is 12.8. The average Bonchev–Trinajstić information content (AvgIpc) is 3.29. The zero-order chi connectivity index (χ0) is 19.8. The highest BCUT2D eigenvalue weighted by molar-refractivity contribution is 7.22. The Balaban J connectivity index is 1.48. The van der Waals surface area contributed by atoms with Gasteiger partial charge in [-0.25, -0.2) is 9.97 Å². The van der Waals surface area contributed by atoms with E-state index in [0.29, 0.717) is 11.0 Å². The van der Waals surface area contributed by atoms with Gasteiger partial charge in [0.2, 0.25) is 5.91 Å². The van der Waals surface area contributed by atoms with Crippen molar-refractivity contribution in [2.45, 2.75) is 13.5 Å². The first-order chi connectivity index (χ1) is 14.2. The van der Waals surface area contributed by atoms with Gasteiger partial charge >= 0.3 is 0 Å². The predicted molar refractivity (Wildman–Crippen MR) is 116 cm³/mol. The van der Waals surface area contributed by atoms with Gasteiger partial charge in [-0.15, -0.1) is 0 Å². The first-order valence-electron chi connectivity index (χ1n) is 9.21. The molecule has 1 amide bonds. The van der Waals surface area contributed by atoms with Gasteiger partial charge in [-0.1, -0.05) is 35.6 Å². The Morgan fingerprint density at radius 2 is 1.90 bits per heavy atom. The lowest BCUT2D eigenvalue weighted by atomic mass is 10.2. The maximum Gasteiger partial charge on any atom is 0.246 e. The normalized spacial score (nSPS) is 11.2. The van der Waals surface area contributed by atoms with E-state index in [1.165, 1.54) is 16.9 Å². The van der Waals surface area contributed by atoms with Crippen LogP contribution in [-0.2, 0) is 11.3 Å². The number of thiazole rings is 1. The molecule has 0 saturated carbocycles. The summed E-state index contributed by atoms with van der Waals surface area (Å²) in [7, 11) is 0. The Morgan fingerprint density at radius 1 is 1.03 bits per heavy atom. The van der Waals surface area contributed by atoms with Gasteiger partial charge in [0, 0.05) is 6.20 Å². The highest BCUT2D eigenvalue weighted by Gasteiger charge is 2.16. The van der Waals surface area contributed by atoms with Crippen LogP contribution in [0, 0.1) is 6.92 Å². The molecule has 0 aliphatic rings. The second-order valence-corrected chi connectivity index (χ2v) is 7.79. The Labute approximate surface area is 170 Å². The number of anilines is 1. The molecule has 0 saturated heterocycles. The van der Waals surface area contributed by atoms with Crippen molar-refractivity contribution in [1.29, 1.82) is 0 Å². The number of hydrogen-bond acceptors (Lipinski definition) is 5. The summed E-state index contributed by atoms with van der Waals surface area (Å²) in [5, 5.41) is 3.53. The number of aryl methyl sites for hydroxylation is 1. The van der Waals surface area contributed by atoms with Gasteiger partial charge in [0.15, 0.2) is 11.0 Å². The van der Waals surface area contributed by atoms with Gasteiger partial charge in [0.05, 0.1) is 21.3 Å². The third-order valence-corrected chi connectivity index (χ3v) is 5.57. The van der Waals surface area contributed by atoms with Crippen molar-refractivity contribution in [3.05, 3.63) is 72.4 Å². The summed E-state index contributed by atoms with van der Waals surface area (Å²) in [5.41, 5.74) is 4.51. The molecule has 0 unspecified atom stereocenters. The monoisotopic (exact) mass is 399 g/mol. The van der Waals surface area contributed by atoms with Crippen molar-refractivity contribution in [3.63, 3.8) is 0 Å². The second kappa shape index (κ2) is 7.10. The van der Waals surface area contributed by atoms with Gasteiger partial charge in [0.1, 0.15) is 12.2 Å². The zero-order valence-corrected chi connectivity index (χ0v) is 16.5. The molecule has 0 radical (unpaired) electrons. The summed E-state index contributed by atoms with van der Waals surface area (Å²) >= 11 is 1.48. The van der Waals surface area contributed by atoms with E-state index < -0.39 is 0 Å². The summed E-state index contributed by atoms with van der Waals surface area (Å²) in [6, 6.07) is 19.5. The number of aromatic nitrogens is 4. The fourth-order valence-corrected chi connectivity index (χ4v) is 4.29. The molecule has 0 atom stereocenters. The molecule has 3 heterocycles. The number of fused-ring (bicyclic) bond motifs is 2. The fourth-order valence-electron chi connectivity index (χ4n) is 3.31. The van der Waals surface area contributed by atoms with E-state index >= 15 is 0 Å². The molecule has 1 N–H and O–H groups in total. The van der Waals surface area contributed by atoms with E-state index in [2.05, 4.69) is 21.4 Å². The fraction of sp³-hybridized carbons (Fsp3) is 0.0909. The van der Waals surface area contributed by atoms with E-state index in [0.717, 1.165) is 26.9 Å². The third kappa shape index (κ3) is 3.36. The number of hydrogen-bond donors (Lipinski definition) is 1.